The van der Waals surface area contributed by atoms with Crippen molar-refractivity contribution in [2.24, 2.45) is 0 Å². The highest BCUT2D eigenvalue weighted by molar-refractivity contribution is 6.33. The van der Waals surface area contributed by atoms with Crippen molar-refractivity contribution in [1.29, 1.82) is 5.26 Å². The van der Waals surface area contributed by atoms with E-state index in [1.165, 1.54) is 0 Å². The molecule has 0 heterocycles. The first-order valence-corrected chi connectivity index (χ1v) is 9.12. The zero-order valence-corrected chi connectivity index (χ0v) is 16.4. The van der Waals surface area contributed by atoms with Crippen LogP contribution in [0.1, 0.15) is 17.5 Å². The molecule has 2 rings (SSSR count). The molecule has 136 valence electrons. The van der Waals surface area contributed by atoms with Gasteiger partial charge in [-0.3, -0.25) is 0 Å². The van der Waals surface area contributed by atoms with Crippen molar-refractivity contribution in [1.82, 2.24) is 5.32 Å². The lowest BCUT2D eigenvalue weighted by atomic mass is 10.1. The molecule has 0 saturated carbocycles. The van der Waals surface area contributed by atoms with Gasteiger partial charge in [-0.15, -0.1) is 0 Å². The van der Waals surface area contributed by atoms with Crippen LogP contribution in [0.5, 0.6) is 0 Å². The molecule has 0 radical (unpaired) electrons. The van der Waals surface area contributed by atoms with Crippen molar-refractivity contribution < 1.29 is 4.79 Å². The van der Waals surface area contributed by atoms with Crippen LogP contribution in [0, 0.1) is 11.3 Å². The van der Waals surface area contributed by atoms with Gasteiger partial charge in [0.25, 0.3) is 0 Å². The number of hydrogen-bond acceptors (Lipinski definition) is 4. The van der Waals surface area contributed by atoms with Gasteiger partial charge >= 0.3 is 0 Å². The molecule has 0 saturated heterocycles. The van der Waals surface area contributed by atoms with E-state index >= 15 is 0 Å². The summed E-state index contributed by atoms with van der Waals surface area (Å²) in [7, 11) is 1.83. The molecule has 4 nitrogen and oxygen atoms in total. The number of carbonyl (C=O) groups is 1. The average molecular weight is 411 g/mol. The number of nitrogens with one attached hydrogen (secondary N) is 1. The molecule has 0 aromatic heterocycles. The molecule has 0 unspecified atom stereocenters. The monoisotopic (exact) mass is 409 g/mol. The molecule has 0 bridgehead atoms. The SMILES string of the molecule is CNC[C@H](CC=O)N(Cc1cc(Cl)ccc1Cl)c1ccc(C#N)c(Cl)c1. The predicted octanol–water partition coefficient (Wildman–Crippen LogP) is 4.70. The van der Waals surface area contributed by atoms with Gasteiger partial charge in [0.15, 0.2) is 0 Å². The molecule has 26 heavy (non-hydrogen) atoms. The lowest BCUT2D eigenvalue weighted by molar-refractivity contribution is -0.108. The maximum atomic E-state index is 11.2. The van der Waals surface area contributed by atoms with E-state index in [1.807, 2.05) is 24.1 Å². The van der Waals surface area contributed by atoms with Crippen LogP contribution < -0.4 is 10.2 Å². The number of rotatable bonds is 8. The van der Waals surface area contributed by atoms with Gasteiger partial charge in [-0.25, -0.2) is 0 Å². The molecule has 0 amide bonds. The molecular weight excluding hydrogens is 393 g/mol. The van der Waals surface area contributed by atoms with Gasteiger partial charge < -0.3 is 15.0 Å². The molecule has 2 aromatic carbocycles. The first-order chi connectivity index (χ1) is 12.5. The Morgan fingerprint density at radius 2 is 1.96 bits per heavy atom. The van der Waals surface area contributed by atoms with Crippen molar-refractivity contribution in [3.05, 3.63) is 62.6 Å². The summed E-state index contributed by atoms with van der Waals surface area (Å²) >= 11 is 18.6. The lowest BCUT2D eigenvalue weighted by Gasteiger charge is -2.33. The van der Waals surface area contributed by atoms with Crippen LogP contribution in [-0.2, 0) is 11.3 Å². The van der Waals surface area contributed by atoms with Crippen LogP contribution in [0.4, 0.5) is 5.69 Å². The number of aldehydes is 1. The molecule has 0 aliphatic heterocycles. The Kier molecular flexibility index (Phi) is 7.74. The molecule has 0 aliphatic rings. The molecule has 0 spiro atoms. The zero-order valence-electron chi connectivity index (χ0n) is 14.2. The minimum absolute atomic E-state index is 0.114. The van der Waals surface area contributed by atoms with Gasteiger partial charge in [0.1, 0.15) is 12.4 Å². The Bertz CT molecular complexity index is 820. The van der Waals surface area contributed by atoms with Crippen molar-refractivity contribution in [3.8, 4) is 6.07 Å². The molecule has 0 fully saturated rings. The Hall–Kier alpha value is -1.77. The summed E-state index contributed by atoms with van der Waals surface area (Å²) in [6, 6.07) is 12.4. The summed E-state index contributed by atoms with van der Waals surface area (Å²) in [5.41, 5.74) is 2.04. The van der Waals surface area contributed by atoms with Gasteiger partial charge in [-0.05, 0) is 49.0 Å². The van der Waals surface area contributed by atoms with Gasteiger partial charge in [-0.1, -0.05) is 34.8 Å². The second kappa shape index (κ2) is 9.80. The maximum Gasteiger partial charge on any atom is 0.122 e. The van der Waals surface area contributed by atoms with Crippen LogP contribution >= 0.6 is 34.8 Å². The van der Waals surface area contributed by atoms with Crippen molar-refractivity contribution in [2.45, 2.75) is 19.0 Å². The normalized spacial score (nSPS) is 11.7. The first kappa shape index (κ1) is 20.5. The number of likely N-dealkylation sites (N-methyl/N-ethyl adjacent to an activating group) is 1. The Morgan fingerprint density at radius 3 is 2.58 bits per heavy atom. The van der Waals surface area contributed by atoms with E-state index in [-0.39, 0.29) is 6.04 Å². The topological polar surface area (TPSA) is 56.1 Å². The largest absolute Gasteiger partial charge is 0.362 e. The van der Waals surface area contributed by atoms with Crippen molar-refractivity contribution >= 4 is 46.8 Å². The highest BCUT2D eigenvalue weighted by Crippen LogP contribution is 2.29. The molecule has 1 atom stereocenters. The molecular formula is C19H18Cl3N3O. The van der Waals surface area contributed by atoms with Crippen LogP contribution in [0.2, 0.25) is 15.1 Å². The van der Waals surface area contributed by atoms with E-state index in [4.69, 9.17) is 40.1 Å². The number of carbonyl (C=O) groups excluding carboxylic acids is 1. The van der Waals surface area contributed by atoms with Gasteiger partial charge in [0, 0.05) is 41.3 Å². The fourth-order valence-electron chi connectivity index (χ4n) is 2.72. The van der Waals surface area contributed by atoms with Crippen LogP contribution in [0.25, 0.3) is 0 Å². The minimum atomic E-state index is -0.114. The standard InChI is InChI=1S/C19H18Cl3N3O/c1-24-11-17(6-7-26)25(12-14-8-15(20)3-5-18(14)21)16-4-2-13(10-23)19(22)9-16/h2-5,7-9,17,24H,6,11-12H2,1H3/t17-/m0/s1. The van der Waals surface area contributed by atoms with E-state index in [0.717, 1.165) is 17.5 Å². The third-order valence-electron chi connectivity index (χ3n) is 4.00. The number of halogens is 3. The van der Waals surface area contributed by atoms with Gasteiger partial charge in [0.2, 0.25) is 0 Å². The van der Waals surface area contributed by atoms with E-state index in [1.54, 1.807) is 30.3 Å². The highest BCUT2D eigenvalue weighted by Gasteiger charge is 2.21. The fourth-order valence-corrected chi connectivity index (χ4v) is 3.31. The van der Waals surface area contributed by atoms with E-state index in [0.29, 0.717) is 40.1 Å². The molecule has 7 heteroatoms. The maximum absolute atomic E-state index is 11.2. The predicted molar refractivity (Wildman–Crippen MR) is 107 cm³/mol. The van der Waals surface area contributed by atoms with E-state index < -0.39 is 0 Å². The Morgan fingerprint density at radius 1 is 1.19 bits per heavy atom. The lowest BCUT2D eigenvalue weighted by Crippen LogP contribution is -2.41. The summed E-state index contributed by atoms with van der Waals surface area (Å²) in [5.74, 6) is 0. The summed E-state index contributed by atoms with van der Waals surface area (Å²) < 4.78 is 0. The van der Waals surface area contributed by atoms with Crippen molar-refractivity contribution in [3.63, 3.8) is 0 Å². The number of anilines is 1. The number of benzene rings is 2. The molecule has 1 N–H and O–H groups in total. The average Bonchev–Trinajstić information content (AvgIpc) is 2.62. The number of hydrogen-bond donors (Lipinski definition) is 1. The summed E-state index contributed by atoms with van der Waals surface area (Å²) in [4.78, 5) is 13.2. The zero-order chi connectivity index (χ0) is 19.1. The first-order valence-electron chi connectivity index (χ1n) is 7.98. The summed E-state index contributed by atoms with van der Waals surface area (Å²) in [6.45, 7) is 1.04. The van der Waals surface area contributed by atoms with Crippen LogP contribution in [0.3, 0.4) is 0 Å². The Balaban J connectivity index is 2.47. The smallest absolute Gasteiger partial charge is 0.122 e. The Labute approximate surface area is 168 Å². The van der Waals surface area contributed by atoms with Gasteiger partial charge in [-0.2, -0.15) is 5.26 Å². The molecule has 0 aliphatic carbocycles. The number of nitrogens with zero attached hydrogens (tertiary/aromatic N) is 2. The van der Waals surface area contributed by atoms with Crippen LogP contribution in [0.15, 0.2) is 36.4 Å². The summed E-state index contributed by atoms with van der Waals surface area (Å²) in [6.07, 6.45) is 1.22. The fraction of sp³-hybridized carbons (Fsp3) is 0.263. The number of nitriles is 1. The van der Waals surface area contributed by atoms with E-state index in [9.17, 15) is 4.79 Å². The summed E-state index contributed by atoms with van der Waals surface area (Å²) in [5, 5.41) is 13.7. The van der Waals surface area contributed by atoms with Crippen LogP contribution in [-0.4, -0.2) is 25.9 Å². The molecule has 2 aromatic rings. The van der Waals surface area contributed by atoms with Crippen molar-refractivity contribution in [2.75, 3.05) is 18.5 Å². The highest BCUT2D eigenvalue weighted by atomic mass is 35.5. The third-order valence-corrected chi connectivity index (χ3v) is 4.92. The second-order valence-electron chi connectivity index (χ2n) is 5.75. The quantitative estimate of drug-likeness (QED) is 0.641. The minimum Gasteiger partial charge on any atom is -0.362 e. The van der Waals surface area contributed by atoms with Gasteiger partial charge in [0.05, 0.1) is 10.6 Å². The second-order valence-corrected chi connectivity index (χ2v) is 7.00. The third kappa shape index (κ3) is 5.12. The van der Waals surface area contributed by atoms with E-state index in [2.05, 4.69) is 5.32 Å².